The second kappa shape index (κ2) is 7.75. The summed E-state index contributed by atoms with van der Waals surface area (Å²) in [6.07, 6.45) is 3.73. The van der Waals surface area contributed by atoms with E-state index in [4.69, 9.17) is 22.1 Å². The summed E-state index contributed by atoms with van der Waals surface area (Å²) in [5.74, 6) is 1.33. The first-order valence-corrected chi connectivity index (χ1v) is 9.43. The number of nitrogens with two attached hydrogens (primary N) is 1. The summed E-state index contributed by atoms with van der Waals surface area (Å²) in [4.78, 5) is 27.8. The molecule has 2 aromatic rings. The number of pyridine rings is 1. The Hall–Kier alpha value is -2.67. The highest BCUT2D eigenvalue weighted by atomic mass is 35.5. The zero-order chi connectivity index (χ0) is 20.6. The number of methoxy groups -OCH3 is 1. The third-order valence-electron chi connectivity index (χ3n) is 4.67. The normalized spacial score (nSPS) is 15.3. The lowest BCUT2D eigenvalue weighted by atomic mass is 9.96. The van der Waals surface area contributed by atoms with E-state index >= 15 is 0 Å². The maximum absolute atomic E-state index is 13.0. The van der Waals surface area contributed by atoms with Crippen LogP contribution >= 0.6 is 11.6 Å². The molecule has 0 bridgehead atoms. The van der Waals surface area contributed by atoms with Crippen LogP contribution in [0.1, 0.15) is 41.0 Å². The quantitative estimate of drug-likeness (QED) is 0.618. The zero-order valence-corrected chi connectivity index (χ0v) is 17.5. The van der Waals surface area contributed by atoms with Crippen LogP contribution in [-0.2, 0) is 6.54 Å². The second-order valence-electron chi connectivity index (χ2n) is 7.24. The first-order valence-electron chi connectivity index (χ1n) is 9.05. The number of nitrogen functional groups attached to an aromatic ring is 1. The maximum Gasteiger partial charge on any atom is 0.223 e. The van der Waals surface area contributed by atoms with Crippen LogP contribution in [0.5, 0.6) is 5.75 Å². The summed E-state index contributed by atoms with van der Waals surface area (Å²) in [7, 11) is 1.64. The fourth-order valence-electron chi connectivity index (χ4n) is 3.45. The minimum atomic E-state index is -0.156. The Balaban J connectivity index is 2.11. The highest BCUT2D eigenvalue weighted by molar-refractivity contribution is 6.35. The Labute approximate surface area is 169 Å². The number of Topliss-reactive ketones (excluding diaryl/α,β-unsaturated/α-hetero) is 1. The number of hydrogen-bond acceptors (Lipinski definition) is 7. The van der Waals surface area contributed by atoms with Gasteiger partial charge >= 0.3 is 0 Å². The summed E-state index contributed by atoms with van der Waals surface area (Å²) in [5.41, 5.74) is 9.49. The van der Waals surface area contributed by atoms with E-state index in [1.54, 1.807) is 13.3 Å². The lowest BCUT2D eigenvalue weighted by molar-refractivity contribution is 0.102. The van der Waals surface area contributed by atoms with Gasteiger partial charge in [-0.25, -0.2) is 4.98 Å². The number of halogens is 1. The van der Waals surface area contributed by atoms with E-state index in [9.17, 15) is 4.79 Å². The molecule has 0 saturated carbocycles. The molecule has 0 atom stereocenters. The van der Waals surface area contributed by atoms with E-state index in [1.165, 1.54) is 0 Å². The van der Waals surface area contributed by atoms with Gasteiger partial charge in [0.15, 0.2) is 5.78 Å². The molecule has 0 aliphatic carbocycles. The average Bonchev–Trinajstić information content (AvgIpc) is 2.60. The van der Waals surface area contributed by atoms with Crippen molar-refractivity contribution in [3.63, 3.8) is 0 Å². The number of carbonyl (C=O) groups is 1. The number of aryl methyl sites for hydroxylation is 1. The summed E-state index contributed by atoms with van der Waals surface area (Å²) in [5, 5.41) is 0.0676. The van der Waals surface area contributed by atoms with Gasteiger partial charge in [0.25, 0.3) is 0 Å². The fourth-order valence-corrected chi connectivity index (χ4v) is 3.70. The van der Waals surface area contributed by atoms with Gasteiger partial charge in [0.1, 0.15) is 22.3 Å². The molecule has 0 amide bonds. The van der Waals surface area contributed by atoms with Crippen molar-refractivity contribution in [3.8, 4) is 5.75 Å². The SMILES string of the molecule is COc1c(C)cnc(CN2CC(=CC(C)C)C(=O)c3c(Cl)nc(N)nc32)c1C. The van der Waals surface area contributed by atoms with Crippen LogP contribution < -0.4 is 15.4 Å². The fraction of sp³-hybridized carbons (Fsp3) is 0.400. The number of nitrogens with zero attached hydrogens (tertiary/aromatic N) is 4. The van der Waals surface area contributed by atoms with E-state index in [-0.39, 0.29) is 28.4 Å². The van der Waals surface area contributed by atoms with Gasteiger partial charge in [-0.1, -0.05) is 31.5 Å². The third kappa shape index (κ3) is 3.67. The van der Waals surface area contributed by atoms with E-state index in [0.717, 1.165) is 22.6 Å². The second-order valence-corrected chi connectivity index (χ2v) is 7.60. The molecule has 148 valence electrons. The number of fused-ring (bicyclic) bond motifs is 1. The monoisotopic (exact) mass is 401 g/mol. The highest BCUT2D eigenvalue weighted by Gasteiger charge is 2.32. The topological polar surface area (TPSA) is 94.2 Å². The van der Waals surface area contributed by atoms with Gasteiger partial charge < -0.3 is 15.4 Å². The van der Waals surface area contributed by atoms with Crippen LogP contribution in [0, 0.1) is 19.8 Å². The van der Waals surface area contributed by atoms with Crippen LogP contribution in [0.15, 0.2) is 17.8 Å². The van der Waals surface area contributed by atoms with Crippen LogP contribution in [0.3, 0.4) is 0 Å². The van der Waals surface area contributed by atoms with E-state index in [1.807, 2.05) is 38.7 Å². The molecule has 0 spiro atoms. The molecule has 7 nitrogen and oxygen atoms in total. The van der Waals surface area contributed by atoms with Crippen LogP contribution in [0.2, 0.25) is 5.15 Å². The Bertz CT molecular complexity index is 972. The first-order chi connectivity index (χ1) is 13.2. The Morgan fingerprint density at radius 2 is 2.07 bits per heavy atom. The summed E-state index contributed by atoms with van der Waals surface area (Å²) >= 11 is 6.27. The minimum Gasteiger partial charge on any atom is -0.496 e. The summed E-state index contributed by atoms with van der Waals surface area (Å²) < 4.78 is 5.51. The molecule has 0 aromatic carbocycles. The smallest absolute Gasteiger partial charge is 0.223 e. The molecule has 1 aliphatic heterocycles. The molecular weight excluding hydrogens is 378 g/mol. The third-order valence-corrected chi connectivity index (χ3v) is 4.94. The van der Waals surface area contributed by atoms with Gasteiger partial charge in [-0.3, -0.25) is 9.78 Å². The average molecular weight is 402 g/mol. The van der Waals surface area contributed by atoms with Gasteiger partial charge in [-0.15, -0.1) is 0 Å². The minimum absolute atomic E-state index is 0.0315. The summed E-state index contributed by atoms with van der Waals surface area (Å²) in [6.45, 7) is 8.81. The molecule has 3 heterocycles. The zero-order valence-electron chi connectivity index (χ0n) is 16.7. The molecule has 28 heavy (non-hydrogen) atoms. The van der Waals surface area contributed by atoms with Gasteiger partial charge in [0, 0.05) is 29.4 Å². The molecule has 0 fully saturated rings. The number of ketones is 1. The highest BCUT2D eigenvalue weighted by Crippen LogP contribution is 2.35. The van der Waals surface area contributed by atoms with Crippen molar-refractivity contribution in [2.75, 3.05) is 24.3 Å². The van der Waals surface area contributed by atoms with Gasteiger partial charge in [0.05, 0.1) is 19.3 Å². The predicted molar refractivity (Wildman–Crippen MR) is 110 cm³/mol. The lowest BCUT2D eigenvalue weighted by Crippen LogP contribution is -2.36. The first kappa shape index (κ1) is 20.1. The molecule has 0 unspecified atom stereocenters. The Morgan fingerprint density at radius 1 is 1.36 bits per heavy atom. The predicted octanol–water partition coefficient (Wildman–Crippen LogP) is 3.52. The van der Waals surface area contributed by atoms with Crippen molar-refractivity contribution < 1.29 is 9.53 Å². The van der Waals surface area contributed by atoms with Crippen LogP contribution in [0.4, 0.5) is 11.8 Å². The van der Waals surface area contributed by atoms with Gasteiger partial charge in [0.2, 0.25) is 5.95 Å². The van der Waals surface area contributed by atoms with Crippen molar-refractivity contribution in [2.24, 2.45) is 5.92 Å². The number of anilines is 2. The molecule has 3 rings (SSSR count). The Morgan fingerprint density at radius 3 is 2.71 bits per heavy atom. The maximum atomic E-state index is 13.0. The number of aromatic nitrogens is 3. The van der Waals surface area contributed by atoms with E-state index < -0.39 is 0 Å². The van der Waals surface area contributed by atoms with Crippen LogP contribution in [-0.4, -0.2) is 34.4 Å². The largest absolute Gasteiger partial charge is 0.496 e. The number of allylic oxidation sites excluding steroid dienone is 1. The van der Waals surface area contributed by atoms with Crippen molar-refractivity contribution in [1.29, 1.82) is 0 Å². The molecule has 1 aliphatic rings. The summed E-state index contributed by atoms with van der Waals surface area (Å²) in [6, 6.07) is 0. The van der Waals surface area contributed by atoms with Gasteiger partial charge in [-0.2, -0.15) is 4.98 Å². The Kier molecular flexibility index (Phi) is 5.56. The number of carbonyl (C=O) groups excluding carboxylic acids is 1. The molecule has 2 aromatic heterocycles. The van der Waals surface area contributed by atoms with Crippen molar-refractivity contribution in [2.45, 2.75) is 34.2 Å². The number of rotatable bonds is 4. The molecule has 0 radical (unpaired) electrons. The van der Waals surface area contributed by atoms with E-state index in [2.05, 4.69) is 15.0 Å². The molecular formula is C20H24ClN5O2. The number of ether oxygens (including phenoxy) is 1. The van der Waals surface area contributed by atoms with Crippen molar-refractivity contribution >= 4 is 29.2 Å². The van der Waals surface area contributed by atoms with Crippen molar-refractivity contribution in [3.05, 3.63) is 45.4 Å². The molecule has 8 heteroatoms. The van der Waals surface area contributed by atoms with Crippen molar-refractivity contribution in [1.82, 2.24) is 15.0 Å². The standard InChI is InChI=1S/C20H24ClN5O2/c1-10(2)6-13-8-26(9-14-12(4)17(28-5)11(3)7-23-14)19-15(16(13)27)18(21)24-20(22)25-19/h6-7,10H,8-9H2,1-5H3,(H2,22,24,25). The van der Waals surface area contributed by atoms with Crippen LogP contribution in [0.25, 0.3) is 0 Å². The lowest BCUT2D eigenvalue weighted by Gasteiger charge is -2.31. The van der Waals surface area contributed by atoms with Gasteiger partial charge in [-0.05, 0) is 19.8 Å². The number of hydrogen-bond donors (Lipinski definition) is 1. The molecule has 2 N–H and O–H groups in total. The molecule has 0 saturated heterocycles. The van der Waals surface area contributed by atoms with E-state index in [0.29, 0.717) is 24.5 Å².